The second kappa shape index (κ2) is 16.5. The molecule has 0 bridgehead atoms. The second-order valence-corrected chi connectivity index (χ2v) is 15.4. The molecule has 3 rings (SSSR count). The van der Waals surface area contributed by atoms with Gasteiger partial charge in [-0.1, -0.05) is 13.8 Å². The molecule has 274 valence electrons. The van der Waals surface area contributed by atoms with Crippen LogP contribution in [0, 0.1) is 5.41 Å². The Morgan fingerprint density at radius 3 is 2.50 bits per heavy atom. The molecule has 1 fully saturated rings. The summed E-state index contributed by atoms with van der Waals surface area (Å²) in [6.45, 7) is 0.355. The minimum Gasteiger partial charge on any atom is -0.790 e. The van der Waals surface area contributed by atoms with E-state index in [1.807, 2.05) is 0 Å². The molecule has 2 amide bonds. The molecule has 8 atom stereocenters. The van der Waals surface area contributed by atoms with Crippen LogP contribution < -0.4 is 41.3 Å². The molecule has 3 heterocycles. The summed E-state index contributed by atoms with van der Waals surface area (Å²) in [5, 5.41) is 28.6. The fraction of sp³-hybridized carbons (Fsp3) is 0.714. The number of rotatable bonds is 18. The molecule has 0 aromatic carbocycles. The molecular weight excluding hydrogens is 731 g/mol. The molecule has 1 aromatic rings. The van der Waals surface area contributed by atoms with Gasteiger partial charge in [-0.25, -0.2) is 9.29 Å². The van der Waals surface area contributed by atoms with E-state index >= 15 is 0 Å². The molecule has 7 N–H and O–H groups in total. The van der Waals surface area contributed by atoms with Gasteiger partial charge in [0.2, 0.25) is 11.8 Å². The average Bonchev–Trinajstić information content (AvgIpc) is 3.54. The average molecular weight is 766 g/mol. The number of ether oxygens (including phenoxy) is 1. The molecule has 0 radical (unpaired) electrons. The molecule has 0 spiro atoms. The fourth-order valence-corrected chi connectivity index (χ4v) is 7.09. The Bertz CT molecular complexity index is 1480. The molecule has 0 saturated carbocycles. The number of nitrogens with one attached hydrogen (secondary N) is 3. The van der Waals surface area contributed by atoms with Gasteiger partial charge in [0, 0.05) is 30.7 Å². The number of nitrogens with two attached hydrogens (primary N) is 1. The smallest absolute Gasteiger partial charge is 0.274 e. The van der Waals surface area contributed by atoms with E-state index in [4.69, 9.17) is 10.5 Å². The lowest BCUT2D eigenvalue weighted by molar-refractivity contribution is -0.347. The normalized spacial score (nSPS) is 25.8. The Morgan fingerprint density at radius 1 is 1.19 bits per heavy atom. The summed E-state index contributed by atoms with van der Waals surface area (Å²) in [7, 11) is -17.5. The van der Waals surface area contributed by atoms with E-state index in [2.05, 4.69) is 56.4 Å². The number of hydrogen-bond acceptors (Lipinski definition) is 21. The summed E-state index contributed by atoms with van der Waals surface area (Å²) < 4.78 is 60.3. The highest BCUT2D eigenvalue weighted by molar-refractivity contribution is 7.80. The maximum Gasteiger partial charge on any atom is 0.274 e. The predicted molar refractivity (Wildman–Crippen MR) is 156 cm³/mol. The number of aliphatic hydroxyl groups is 2. The van der Waals surface area contributed by atoms with E-state index in [9.17, 15) is 53.1 Å². The lowest BCUT2D eigenvalue weighted by atomic mass is 9.87. The van der Waals surface area contributed by atoms with E-state index in [1.54, 1.807) is 0 Å². The number of thiol groups is 1. The number of imidazole rings is 1. The van der Waals surface area contributed by atoms with Gasteiger partial charge in [-0.15, -0.1) is 0 Å². The molecule has 48 heavy (non-hydrogen) atoms. The number of amides is 2. The highest BCUT2D eigenvalue weighted by atomic mass is 32.1. The summed E-state index contributed by atoms with van der Waals surface area (Å²) >= 11 is 3.94. The zero-order valence-corrected chi connectivity index (χ0v) is 28.8. The molecule has 27 heteroatoms. The van der Waals surface area contributed by atoms with Crippen molar-refractivity contribution in [3.8, 4) is 0 Å². The van der Waals surface area contributed by atoms with Crippen molar-refractivity contribution in [3.63, 3.8) is 0 Å². The Morgan fingerprint density at radius 2 is 1.85 bits per heavy atom. The van der Waals surface area contributed by atoms with Gasteiger partial charge >= 0.3 is 0 Å². The first kappa shape index (κ1) is 40.6. The van der Waals surface area contributed by atoms with Crippen LogP contribution in [0.15, 0.2) is 11.3 Å². The van der Waals surface area contributed by atoms with E-state index in [1.165, 1.54) is 20.2 Å². The van der Waals surface area contributed by atoms with Crippen molar-refractivity contribution in [1.82, 2.24) is 20.2 Å². The molecular formula is C21H34N7O16P3S-4. The number of carbonyl (C=O) groups is 2. The molecule has 2 aliphatic heterocycles. The Balaban J connectivity index is 1.59. The number of nitrogens with zero attached hydrogens (tertiary/aromatic N) is 3. The molecule has 1 aromatic heterocycles. The Kier molecular flexibility index (Phi) is 13.9. The number of phosphoric ester groups is 3. The number of anilines is 1. The number of aromatic nitrogens is 2. The zero-order valence-electron chi connectivity index (χ0n) is 25.2. The van der Waals surface area contributed by atoms with E-state index in [0.29, 0.717) is 12.3 Å². The number of fused-ring (bicyclic) bond motifs is 1. The third-order valence-corrected chi connectivity index (χ3v) is 9.87. The zero-order chi connectivity index (χ0) is 36.1. The predicted octanol–water partition coefficient (Wildman–Crippen LogP) is -4.31. The van der Waals surface area contributed by atoms with Crippen LogP contribution in [-0.4, -0.2) is 94.4 Å². The highest BCUT2D eigenvalue weighted by Gasteiger charge is 2.48. The van der Waals surface area contributed by atoms with E-state index in [0.717, 1.165) is 10.9 Å². The third kappa shape index (κ3) is 11.4. The maximum atomic E-state index is 12.4. The van der Waals surface area contributed by atoms with Crippen molar-refractivity contribution in [2.24, 2.45) is 16.1 Å². The molecule has 2 aliphatic rings. The van der Waals surface area contributed by atoms with Gasteiger partial charge in [0.15, 0.2) is 6.23 Å². The van der Waals surface area contributed by atoms with Crippen molar-refractivity contribution in [2.75, 3.05) is 37.4 Å². The minimum absolute atomic E-state index is 0.121. The number of aliphatic hydroxyl groups excluding tert-OH is 2. The second-order valence-electron chi connectivity index (χ2n) is 10.9. The standard InChI is InChI=1S/C21H38N7O16P3S/c1-21(2,16(31)19(32)24-4-3-12(29)23-5-6-48)8-41-47(38,39)44-46(36,37)40-7-11-15(43-45(33,34)35)14(30)20(42-11)28-10-27-13-17(22)25-9-26-18(13)28/h9-11,14-17,20,30-31,48H,3-8,22H2,1-2H3,(H,23,29)(H,24,32)(H,25,26)(H,36,37)(H,38,39)(H2,33,34,35)/p-4/t11-,14?,15+,16?,17?,20-/m0/s1. The Labute approximate surface area is 278 Å². The summed E-state index contributed by atoms with van der Waals surface area (Å²) in [5.74, 6) is -0.827. The summed E-state index contributed by atoms with van der Waals surface area (Å²) in [5.41, 5.74) is 4.37. The van der Waals surface area contributed by atoms with Gasteiger partial charge in [-0.3, -0.25) is 28.3 Å². The van der Waals surface area contributed by atoms with Crippen LogP contribution in [0.5, 0.6) is 0 Å². The fourth-order valence-electron chi connectivity index (χ4n) is 4.24. The molecule has 0 aliphatic carbocycles. The van der Waals surface area contributed by atoms with Crippen molar-refractivity contribution in [1.29, 1.82) is 0 Å². The summed E-state index contributed by atoms with van der Waals surface area (Å²) in [6, 6.07) is 0. The van der Waals surface area contributed by atoms with E-state index in [-0.39, 0.29) is 30.4 Å². The minimum atomic E-state index is -5.87. The van der Waals surface area contributed by atoms with Crippen LogP contribution in [0.3, 0.4) is 0 Å². The van der Waals surface area contributed by atoms with Gasteiger partial charge in [0.1, 0.15) is 42.1 Å². The van der Waals surface area contributed by atoms with Crippen molar-refractivity contribution in [3.05, 3.63) is 12.0 Å². The van der Waals surface area contributed by atoms with Crippen molar-refractivity contribution in [2.45, 2.75) is 57.1 Å². The quantitative estimate of drug-likeness (QED) is 0.0549. The van der Waals surface area contributed by atoms with Crippen LogP contribution in [0.2, 0.25) is 0 Å². The lowest BCUT2D eigenvalue weighted by Gasteiger charge is -2.36. The first-order valence-electron chi connectivity index (χ1n) is 13.8. The monoisotopic (exact) mass is 765 g/mol. The number of aliphatic imine (C=N–C) groups is 1. The lowest BCUT2D eigenvalue weighted by Crippen LogP contribution is -2.46. The Hall–Kier alpha value is -1.82. The number of phosphoric acid groups is 3. The van der Waals surface area contributed by atoms with Gasteiger partial charge in [0.05, 0.1) is 33.7 Å². The number of hydrogen-bond donors (Lipinski definition) is 7. The van der Waals surface area contributed by atoms with Gasteiger partial charge in [-0.05, 0) is 0 Å². The summed E-state index contributed by atoms with van der Waals surface area (Å²) in [4.78, 5) is 79.3. The SMILES string of the molecule is CC(C)(COP(=O)([O-])OP(=O)([O-])OC[C@@H]1O[C@H](n2cnc3c2NC=NC3N)C(O)[C@@H]1OP(=O)([O-])[O-])C(O)C(=O)NCCC(=O)NCCS. The van der Waals surface area contributed by atoms with Gasteiger partial charge in [0.25, 0.3) is 15.6 Å². The first-order valence-corrected chi connectivity index (χ1v) is 18.8. The summed E-state index contributed by atoms with van der Waals surface area (Å²) in [6.07, 6.45) is -7.99. The van der Waals surface area contributed by atoms with Gasteiger partial charge < -0.3 is 74.3 Å². The van der Waals surface area contributed by atoms with Crippen LogP contribution in [-0.2, 0) is 45.9 Å². The number of carbonyl (C=O) groups excluding carboxylic acids is 2. The van der Waals surface area contributed by atoms with Crippen LogP contribution in [0.1, 0.15) is 38.4 Å². The van der Waals surface area contributed by atoms with Crippen molar-refractivity contribution >= 4 is 60.1 Å². The molecule has 1 saturated heterocycles. The molecule has 5 unspecified atom stereocenters. The topological polar surface area (TPSA) is 356 Å². The molecule has 23 nitrogen and oxygen atoms in total. The van der Waals surface area contributed by atoms with Gasteiger partial charge in [-0.2, -0.15) is 12.6 Å². The maximum absolute atomic E-state index is 12.4. The van der Waals surface area contributed by atoms with Crippen LogP contribution >= 0.6 is 36.1 Å². The van der Waals surface area contributed by atoms with Crippen LogP contribution in [0.25, 0.3) is 0 Å². The van der Waals surface area contributed by atoms with Crippen LogP contribution in [0.4, 0.5) is 5.82 Å². The largest absolute Gasteiger partial charge is 0.790 e. The third-order valence-electron chi connectivity index (χ3n) is 6.64. The van der Waals surface area contributed by atoms with Crippen molar-refractivity contribution < 1.29 is 75.7 Å². The first-order chi connectivity index (χ1) is 22.2. The highest BCUT2D eigenvalue weighted by Crippen LogP contribution is 2.56. The van der Waals surface area contributed by atoms with E-state index < -0.39 is 84.8 Å².